The number of aromatic nitrogens is 5. The van der Waals surface area contributed by atoms with Gasteiger partial charge in [-0.3, -0.25) is 0 Å². The van der Waals surface area contributed by atoms with Gasteiger partial charge in [-0.05, 0) is 6.07 Å². The number of halogens is 3. The summed E-state index contributed by atoms with van der Waals surface area (Å²) in [7, 11) is 0. The van der Waals surface area contributed by atoms with Crippen LogP contribution >= 0.6 is 0 Å². The average molecular weight is 349 g/mol. The van der Waals surface area contributed by atoms with Gasteiger partial charge < -0.3 is 5.11 Å². The second kappa shape index (κ2) is 6.60. The van der Waals surface area contributed by atoms with Gasteiger partial charge in [0, 0.05) is 17.5 Å². The van der Waals surface area contributed by atoms with Crippen molar-refractivity contribution in [2.75, 3.05) is 0 Å². The lowest BCUT2D eigenvalue weighted by Crippen LogP contribution is -2.39. The molecule has 6 nitrogen and oxygen atoms in total. The predicted molar refractivity (Wildman–Crippen MR) is 80.7 cm³/mol. The molecule has 0 bridgehead atoms. The van der Waals surface area contributed by atoms with E-state index >= 15 is 0 Å². The Morgan fingerprint density at radius 2 is 1.96 bits per heavy atom. The van der Waals surface area contributed by atoms with E-state index in [9.17, 15) is 18.3 Å². The first-order valence-corrected chi connectivity index (χ1v) is 7.37. The Bertz CT molecular complexity index is 874. The van der Waals surface area contributed by atoms with Crippen LogP contribution in [0.5, 0.6) is 0 Å². The third kappa shape index (κ3) is 3.22. The van der Waals surface area contributed by atoms with Gasteiger partial charge in [0.25, 0.3) is 0 Å². The van der Waals surface area contributed by atoms with E-state index in [-0.39, 0.29) is 17.8 Å². The first kappa shape index (κ1) is 17.0. The first-order valence-electron chi connectivity index (χ1n) is 7.37. The number of hydrogen-bond donors (Lipinski definition) is 1. The molecule has 9 heteroatoms. The summed E-state index contributed by atoms with van der Waals surface area (Å²) in [5, 5.41) is 15.2. The van der Waals surface area contributed by atoms with Crippen molar-refractivity contribution >= 4 is 0 Å². The molecule has 0 saturated heterocycles. The highest BCUT2D eigenvalue weighted by Crippen LogP contribution is 2.39. The Morgan fingerprint density at radius 1 is 1.16 bits per heavy atom. The SMILES string of the molecule is C[C@H](c1ncncc1F)C(O)(Cn1cncn1)c1ccc(F)cc1F. The summed E-state index contributed by atoms with van der Waals surface area (Å²) in [4.78, 5) is 11.2. The summed E-state index contributed by atoms with van der Waals surface area (Å²) in [5.74, 6) is -3.47. The first-order chi connectivity index (χ1) is 11.9. The summed E-state index contributed by atoms with van der Waals surface area (Å²) < 4.78 is 43.0. The second-order valence-electron chi connectivity index (χ2n) is 5.62. The zero-order valence-corrected chi connectivity index (χ0v) is 13.1. The molecule has 0 aliphatic heterocycles. The van der Waals surface area contributed by atoms with Crippen LogP contribution in [0.3, 0.4) is 0 Å². The fraction of sp³-hybridized carbons (Fsp3) is 0.250. The summed E-state index contributed by atoms with van der Waals surface area (Å²) in [6.07, 6.45) is 4.66. The summed E-state index contributed by atoms with van der Waals surface area (Å²) >= 11 is 0. The van der Waals surface area contributed by atoms with Crippen molar-refractivity contribution in [2.45, 2.75) is 25.0 Å². The van der Waals surface area contributed by atoms with Gasteiger partial charge in [-0.2, -0.15) is 5.10 Å². The minimum absolute atomic E-state index is 0.0960. The molecular formula is C16H14F3N5O. The lowest BCUT2D eigenvalue weighted by atomic mass is 9.79. The Kier molecular flexibility index (Phi) is 4.49. The van der Waals surface area contributed by atoms with E-state index in [1.165, 1.54) is 24.3 Å². The quantitative estimate of drug-likeness (QED) is 0.764. The van der Waals surface area contributed by atoms with Crippen molar-refractivity contribution in [1.29, 1.82) is 0 Å². The molecule has 2 aromatic heterocycles. The van der Waals surface area contributed by atoms with Crippen LogP contribution in [-0.4, -0.2) is 29.8 Å². The zero-order chi connectivity index (χ0) is 18.0. The highest BCUT2D eigenvalue weighted by molar-refractivity contribution is 5.30. The van der Waals surface area contributed by atoms with Gasteiger partial charge in [-0.1, -0.05) is 13.0 Å². The molecule has 130 valence electrons. The maximum atomic E-state index is 14.4. The van der Waals surface area contributed by atoms with Crippen molar-refractivity contribution < 1.29 is 18.3 Å². The smallest absolute Gasteiger partial charge is 0.163 e. The van der Waals surface area contributed by atoms with Crippen molar-refractivity contribution in [3.63, 3.8) is 0 Å². The highest BCUT2D eigenvalue weighted by atomic mass is 19.1. The third-order valence-corrected chi connectivity index (χ3v) is 4.09. The molecule has 0 spiro atoms. The monoisotopic (exact) mass is 349 g/mol. The summed E-state index contributed by atoms with van der Waals surface area (Å²) in [6, 6.07) is 2.80. The van der Waals surface area contributed by atoms with E-state index < -0.39 is 29.0 Å². The fourth-order valence-corrected chi connectivity index (χ4v) is 2.72. The van der Waals surface area contributed by atoms with Gasteiger partial charge in [-0.25, -0.2) is 32.8 Å². The Labute approximate surface area is 141 Å². The molecule has 0 amide bonds. The minimum atomic E-state index is -1.96. The Morgan fingerprint density at radius 3 is 2.60 bits per heavy atom. The standard InChI is InChI=1S/C16H14F3N5O/c1-10(15-14(19)5-20-7-22-15)16(25,6-24-9-21-8-23-24)12-3-2-11(17)4-13(12)18/h2-5,7-10,25H,6H2,1H3/t10-,16?/m1/s1. The van der Waals surface area contributed by atoms with Crippen LogP contribution in [-0.2, 0) is 12.1 Å². The van der Waals surface area contributed by atoms with Gasteiger partial charge in [0.2, 0.25) is 0 Å². The molecule has 25 heavy (non-hydrogen) atoms. The molecule has 0 radical (unpaired) electrons. The van der Waals surface area contributed by atoms with Crippen molar-refractivity contribution in [2.24, 2.45) is 0 Å². The van der Waals surface area contributed by atoms with Crippen LogP contribution < -0.4 is 0 Å². The molecule has 2 atom stereocenters. The molecule has 3 aromatic rings. The van der Waals surface area contributed by atoms with Gasteiger partial charge in [0.1, 0.15) is 36.2 Å². The third-order valence-electron chi connectivity index (χ3n) is 4.09. The fourth-order valence-electron chi connectivity index (χ4n) is 2.72. The molecule has 0 saturated carbocycles. The van der Waals surface area contributed by atoms with Gasteiger partial charge in [0.15, 0.2) is 5.82 Å². The summed E-state index contributed by atoms with van der Waals surface area (Å²) in [6.45, 7) is 1.26. The number of nitrogens with zero attached hydrogens (tertiary/aromatic N) is 5. The highest BCUT2D eigenvalue weighted by Gasteiger charge is 2.41. The van der Waals surface area contributed by atoms with Crippen LogP contribution in [0.25, 0.3) is 0 Å². The maximum absolute atomic E-state index is 14.4. The van der Waals surface area contributed by atoms with E-state index in [4.69, 9.17) is 0 Å². The normalized spacial score (nSPS) is 14.9. The van der Waals surface area contributed by atoms with Crippen LogP contribution in [0.2, 0.25) is 0 Å². The van der Waals surface area contributed by atoms with Crippen LogP contribution in [0.1, 0.15) is 24.1 Å². The minimum Gasteiger partial charge on any atom is -0.382 e. The number of benzene rings is 1. The number of aliphatic hydroxyl groups is 1. The molecule has 3 rings (SSSR count). The van der Waals surface area contributed by atoms with Gasteiger partial charge in [0.05, 0.1) is 18.4 Å². The van der Waals surface area contributed by atoms with Gasteiger partial charge in [-0.15, -0.1) is 0 Å². The van der Waals surface area contributed by atoms with E-state index in [0.29, 0.717) is 6.07 Å². The van der Waals surface area contributed by atoms with Crippen molar-refractivity contribution in [3.05, 3.63) is 72.1 Å². The van der Waals surface area contributed by atoms with Crippen LogP contribution in [0, 0.1) is 17.5 Å². The number of rotatable bonds is 5. The lowest BCUT2D eigenvalue weighted by molar-refractivity contribution is -0.0133. The summed E-state index contributed by atoms with van der Waals surface area (Å²) in [5.41, 5.74) is -2.25. The van der Waals surface area contributed by atoms with Crippen LogP contribution in [0.15, 0.2) is 43.4 Å². The van der Waals surface area contributed by atoms with Crippen LogP contribution in [0.4, 0.5) is 13.2 Å². The van der Waals surface area contributed by atoms with E-state index in [2.05, 4.69) is 20.1 Å². The molecule has 0 aliphatic carbocycles. The maximum Gasteiger partial charge on any atom is 0.163 e. The Hall–Kier alpha value is -2.81. The lowest BCUT2D eigenvalue weighted by Gasteiger charge is -2.34. The van der Waals surface area contributed by atoms with Crippen molar-refractivity contribution in [1.82, 2.24) is 24.7 Å². The Balaban J connectivity index is 2.13. The zero-order valence-electron chi connectivity index (χ0n) is 13.1. The topological polar surface area (TPSA) is 76.7 Å². The second-order valence-corrected chi connectivity index (χ2v) is 5.62. The molecule has 1 unspecified atom stereocenters. The molecule has 1 N–H and O–H groups in total. The molecule has 0 fully saturated rings. The van der Waals surface area contributed by atoms with Crippen molar-refractivity contribution in [3.8, 4) is 0 Å². The molecule has 0 aliphatic rings. The average Bonchev–Trinajstić information content (AvgIpc) is 3.07. The molecular weight excluding hydrogens is 335 g/mol. The van der Waals surface area contributed by atoms with Gasteiger partial charge >= 0.3 is 0 Å². The molecule has 2 heterocycles. The van der Waals surface area contributed by atoms with E-state index in [1.54, 1.807) is 0 Å². The van der Waals surface area contributed by atoms with E-state index in [1.807, 2.05) is 0 Å². The predicted octanol–water partition coefficient (Wildman–Crippen LogP) is 2.18. The molecule has 1 aromatic carbocycles. The largest absolute Gasteiger partial charge is 0.382 e. The van der Waals surface area contributed by atoms with E-state index in [0.717, 1.165) is 24.7 Å². The number of hydrogen-bond acceptors (Lipinski definition) is 5.